The molecule has 6 nitrogen and oxygen atoms in total. The van der Waals surface area contributed by atoms with Gasteiger partial charge in [0.05, 0.1) is 6.54 Å². The number of hydrogen-bond acceptors (Lipinski definition) is 4. The lowest BCUT2D eigenvalue weighted by Crippen LogP contribution is -2.35. The minimum Gasteiger partial charge on any atom is -0.440 e. The Morgan fingerprint density at radius 1 is 1.10 bits per heavy atom. The average Bonchev–Trinajstić information content (AvgIpc) is 3.52. The lowest BCUT2D eigenvalue weighted by Gasteiger charge is -2.17. The number of para-hydroxylation sites is 1. The lowest BCUT2D eigenvalue weighted by atomic mass is 10.1. The molecule has 0 unspecified atom stereocenters. The van der Waals surface area contributed by atoms with Crippen LogP contribution in [0.4, 0.5) is 5.69 Å². The molecule has 0 radical (unpaired) electrons. The second-order valence-corrected chi connectivity index (χ2v) is 7.59. The molecule has 1 saturated carbocycles. The van der Waals surface area contributed by atoms with Crippen LogP contribution in [-0.4, -0.2) is 35.3 Å². The summed E-state index contributed by atoms with van der Waals surface area (Å²) in [5.41, 5.74) is 2.97. The van der Waals surface area contributed by atoms with Gasteiger partial charge in [-0.15, -0.1) is 0 Å². The van der Waals surface area contributed by atoms with E-state index < -0.39 is 0 Å². The van der Waals surface area contributed by atoms with Crippen LogP contribution in [0.25, 0.3) is 11.5 Å². The minimum absolute atomic E-state index is 0.0610. The summed E-state index contributed by atoms with van der Waals surface area (Å²) in [6, 6.07) is 17.2. The van der Waals surface area contributed by atoms with Crippen LogP contribution in [-0.2, 0) is 11.2 Å². The second kappa shape index (κ2) is 8.53. The van der Waals surface area contributed by atoms with Crippen molar-refractivity contribution in [3.05, 3.63) is 71.6 Å². The predicted molar refractivity (Wildman–Crippen MR) is 115 cm³/mol. The molecule has 154 valence electrons. The van der Waals surface area contributed by atoms with Gasteiger partial charge >= 0.3 is 0 Å². The Kier molecular flexibility index (Phi) is 5.65. The van der Waals surface area contributed by atoms with Gasteiger partial charge in [-0.05, 0) is 43.0 Å². The van der Waals surface area contributed by atoms with E-state index in [1.807, 2.05) is 61.5 Å². The smallest absolute Gasteiger partial charge is 0.276 e. The molecule has 6 heteroatoms. The molecule has 3 aromatic rings. The monoisotopic (exact) mass is 403 g/mol. The third-order valence-electron chi connectivity index (χ3n) is 5.22. The predicted octanol–water partition coefficient (Wildman–Crippen LogP) is 4.49. The van der Waals surface area contributed by atoms with Crippen LogP contribution < -0.4 is 5.32 Å². The maximum atomic E-state index is 13.1. The van der Waals surface area contributed by atoms with Crippen LogP contribution in [0.15, 0.2) is 59.0 Å². The van der Waals surface area contributed by atoms with Gasteiger partial charge in [-0.3, -0.25) is 9.59 Å². The number of carbonyl (C=O) groups is 2. The summed E-state index contributed by atoms with van der Waals surface area (Å²) < 4.78 is 5.97. The van der Waals surface area contributed by atoms with Gasteiger partial charge in [0.1, 0.15) is 5.76 Å². The fourth-order valence-electron chi connectivity index (χ4n) is 3.42. The maximum absolute atomic E-state index is 13.1. The Balaban J connectivity index is 1.50. The van der Waals surface area contributed by atoms with Crippen LogP contribution in [0.5, 0.6) is 0 Å². The first kappa shape index (κ1) is 19.9. The molecule has 30 heavy (non-hydrogen) atoms. The van der Waals surface area contributed by atoms with Crippen molar-refractivity contribution in [3.63, 3.8) is 0 Å². The molecule has 1 aliphatic rings. The zero-order valence-corrected chi connectivity index (χ0v) is 17.2. The van der Waals surface area contributed by atoms with E-state index in [0.29, 0.717) is 17.3 Å². The molecule has 2 amide bonds. The van der Waals surface area contributed by atoms with E-state index in [-0.39, 0.29) is 24.3 Å². The van der Waals surface area contributed by atoms with E-state index in [4.69, 9.17) is 4.42 Å². The summed E-state index contributed by atoms with van der Waals surface area (Å²) in [5, 5.41) is 2.90. The third-order valence-corrected chi connectivity index (χ3v) is 5.22. The summed E-state index contributed by atoms with van der Waals surface area (Å²) in [6.45, 7) is 1.98. The van der Waals surface area contributed by atoms with Crippen molar-refractivity contribution < 1.29 is 14.0 Å². The molecule has 1 aromatic heterocycles. The van der Waals surface area contributed by atoms with Crippen LogP contribution in [0.1, 0.15) is 47.5 Å². The second-order valence-electron chi connectivity index (χ2n) is 7.59. The highest BCUT2D eigenvalue weighted by Gasteiger charge is 2.35. The van der Waals surface area contributed by atoms with E-state index in [1.54, 1.807) is 7.05 Å². The van der Waals surface area contributed by atoms with E-state index in [0.717, 1.165) is 36.1 Å². The Bertz CT molecular complexity index is 1050. The normalized spacial score (nSPS) is 13.1. The Hall–Kier alpha value is -3.41. The van der Waals surface area contributed by atoms with Gasteiger partial charge in [-0.2, -0.15) is 0 Å². The summed E-state index contributed by atoms with van der Waals surface area (Å²) in [5.74, 6) is 0.749. The standard InChI is InChI=1S/C24H25N3O3/c1-3-16-9-7-8-12-19(16)25-20(28)15-27(2)24(29)21-22(17-13-14-17)30-23(26-21)18-10-5-4-6-11-18/h4-12,17H,3,13-15H2,1-2H3,(H,25,28). The fourth-order valence-corrected chi connectivity index (χ4v) is 3.42. The molecule has 1 fully saturated rings. The summed E-state index contributed by atoms with van der Waals surface area (Å²) >= 11 is 0. The van der Waals surface area contributed by atoms with E-state index >= 15 is 0 Å². The molecule has 1 N–H and O–H groups in total. The van der Waals surface area contributed by atoms with Crippen molar-refractivity contribution in [2.75, 3.05) is 18.9 Å². The van der Waals surface area contributed by atoms with Crippen molar-refractivity contribution in [1.29, 1.82) is 0 Å². The summed E-state index contributed by atoms with van der Waals surface area (Å²) in [7, 11) is 1.61. The maximum Gasteiger partial charge on any atom is 0.276 e. The Morgan fingerprint density at radius 3 is 2.50 bits per heavy atom. The number of hydrogen-bond donors (Lipinski definition) is 1. The zero-order chi connectivity index (χ0) is 21.1. The van der Waals surface area contributed by atoms with Gasteiger partial charge in [0, 0.05) is 24.2 Å². The van der Waals surface area contributed by atoms with Crippen LogP contribution in [0.2, 0.25) is 0 Å². The highest BCUT2D eigenvalue weighted by Crippen LogP contribution is 2.43. The van der Waals surface area contributed by atoms with Crippen molar-refractivity contribution in [2.45, 2.75) is 32.1 Å². The number of carbonyl (C=O) groups excluding carboxylic acids is 2. The first-order valence-corrected chi connectivity index (χ1v) is 10.3. The summed E-state index contributed by atoms with van der Waals surface area (Å²) in [4.78, 5) is 31.5. The number of nitrogens with one attached hydrogen (secondary N) is 1. The summed E-state index contributed by atoms with van der Waals surface area (Å²) in [6.07, 6.45) is 2.79. The number of likely N-dealkylation sites (N-methyl/N-ethyl adjacent to an activating group) is 1. The zero-order valence-electron chi connectivity index (χ0n) is 17.2. The quantitative estimate of drug-likeness (QED) is 0.631. The topological polar surface area (TPSA) is 75.4 Å². The first-order valence-electron chi connectivity index (χ1n) is 10.3. The molecular weight excluding hydrogens is 378 g/mol. The average molecular weight is 403 g/mol. The van der Waals surface area contributed by atoms with Crippen LogP contribution >= 0.6 is 0 Å². The number of amides is 2. The number of rotatable bonds is 7. The highest BCUT2D eigenvalue weighted by atomic mass is 16.4. The van der Waals surface area contributed by atoms with Crippen molar-refractivity contribution in [2.24, 2.45) is 0 Å². The highest BCUT2D eigenvalue weighted by molar-refractivity contribution is 5.99. The molecular formula is C24H25N3O3. The molecule has 0 spiro atoms. The molecule has 0 bridgehead atoms. The van der Waals surface area contributed by atoms with Gasteiger partial charge in [0.15, 0.2) is 5.69 Å². The minimum atomic E-state index is -0.304. The third kappa shape index (κ3) is 4.27. The number of aromatic nitrogens is 1. The van der Waals surface area contributed by atoms with E-state index in [2.05, 4.69) is 10.3 Å². The van der Waals surface area contributed by atoms with Gasteiger partial charge in [0.25, 0.3) is 5.91 Å². The van der Waals surface area contributed by atoms with E-state index in [9.17, 15) is 9.59 Å². The van der Waals surface area contributed by atoms with Gasteiger partial charge in [-0.25, -0.2) is 4.98 Å². The number of aryl methyl sites for hydroxylation is 1. The molecule has 0 atom stereocenters. The first-order chi connectivity index (χ1) is 14.6. The fraction of sp³-hybridized carbons (Fsp3) is 0.292. The number of oxazole rings is 1. The van der Waals surface area contributed by atoms with Gasteiger partial charge < -0.3 is 14.6 Å². The van der Waals surface area contributed by atoms with Crippen molar-refractivity contribution in [1.82, 2.24) is 9.88 Å². The number of nitrogens with zero attached hydrogens (tertiary/aromatic N) is 2. The van der Waals surface area contributed by atoms with Crippen molar-refractivity contribution >= 4 is 17.5 Å². The largest absolute Gasteiger partial charge is 0.440 e. The Labute approximate surface area is 175 Å². The lowest BCUT2D eigenvalue weighted by molar-refractivity contribution is -0.116. The van der Waals surface area contributed by atoms with E-state index in [1.165, 1.54) is 4.90 Å². The number of anilines is 1. The van der Waals surface area contributed by atoms with Crippen LogP contribution in [0.3, 0.4) is 0 Å². The van der Waals surface area contributed by atoms with Crippen LogP contribution in [0, 0.1) is 0 Å². The van der Waals surface area contributed by atoms with Gasteiger partial charge in [-0.1, -0.05) is 43.3 Å². The molecule has 0 saturated heterocycles. The molecule has 0 aliphatic heterocycles. The molecule has 4 rings (SSSR count). The molecule has 1 heterocycles. The molecule has 2 aromatic carbocycles. The number of benzene rings is 2. The Morgan fingerprint density at radius 2 is 1.80 bits per heavy atom. The van der Waals surface area contributed by atoms with Gasteiger partial charge in [0.2, 0.25) is 11.8 Å². The van der Waals surface area contributed by atoms with Crippen molar-refractivity contribution in [3.8, 4) is 11.5 Å². The SMILES string of the molecule is CCc1ccccc1NC(=O)CN(C)C(=O)c1nc(-c2ccccc2)oc1C1CC1. The molecule has 1 aliphatic carbocycles.